The Morgan fingerprint density at radius 1 is 1.39 bits per heavy atom. The van der Waals surface area contributed by atoms with Crippen molar-refractivity contribution in [3.05, 3.63) is 29.8 Å². The van der Waals surface area contributed by atoms with Gasteiger partial charge < -0.3 is 19.5 Å². The second kappa shape index (κ2) is 7.97. The van der Waals surface area contributed by atoms with Crippen LogP contribution in [-0.2, 0) is 20.9 Å². The Balaban J connectivity index is 1.94. The van der Waals surface area contributed by atoms with E-state index in [1.807, 2.05) is 24.3 Å². The van der Waals surface area contributed by atoms with E-state index in [4.69, 9.17) is 9.47 Å². The molecule has 1 aliphatic heterocycles. The van der Waals surface area contributed by atoms with Gasteiger partial charge in [-0.3, -0.25) is 4.79 Å². The van der Waals surface area contributed by atoms with Crippen LogP contribution in [0.25, 0.3) is 0 Å². The zero-order valence-corrected chi connectivity index (χ0v) is 13.5. The number of nitrogens with zero attached hydrogens (tertiary/aromatic N) is 1. The normalized spacial score (nSPS) is 19.2. The average molecular weight is 321 g/mol. The number of carbonyl (C=O) groups excluding carboxylic acids is 1. The number of carboxylic acid groups (broad SMARTS) is 1. The Morgan fingerprint density at radius 2 is 2.17 bits per heavy atom. The summed E-state index contributed by atoms with van der Waals surface area (Å²) in [6.45, 7) is 2.41. The van der Waals surface area contributed by atoms with Crippen molar-refractivity contribution in [1.29, 1.82) is 0 Å². The van der Waals surface area contributed by atoms with Crippen molar-refractivity contribution in [2.24, 2.45) is 0 Å². The Bertz CT molecular complexity index is 560. The maximum absolute atomic E-state index is 12.5. The van der Waals surface area contributed by atoms with Crippen molar-refractivity contribution >= 4 is 11.9 Å². The SMILES string of the molecule is COc1cccc(CO[C@H](C)C(=O)N2CCCC[C@H]2C(=O)O)c1. The van der Waals surface area contributed by atoms with Gasteiger partial charge in [0.1, 0.15) is 17.9 Å². The molecule has 2 atom stereocenters. The highest BCUT2D eigenvalue weighted by Crippen LogP contribution is 2.20. The first kappa shape index (κ1) is 17.3. The van der Waals surface area contributed by atoms with Crippen molar-refractivity contribution in [3.8, 4) is 5.75 Å². The molecule has 2 rings (SSSR count). The zero-order chi connectivity index (χ0) is 16.8. The molecule has 23 heavy (non-hydrogen) atoms. The van der Waals surface area contributed by atoms with Gasteiger partial charge >= 0.3 is 5.97 Å². The topological polar surface area (TPSA) is 76.1 Å². The van der Waals surface area contributed by atoms with Gasteiger partial charge in [-0.05, 0) is 43.9 Å². The van der Waals surface area contributed by atoms with Crippen molar-refractivity contribution in [2.45, 2.75) is 44.9 Å². The number of rotatable bonds is 6. The van der Waals surface area contributed by atoms with Gasteiger partial charge in [-0.15, -0.1) is 0 Å². The molecule has 6 nitrogen and oxygen atoms in total. The standard InChI is InChI=1S/C17H23NO5/c1-12(23-11-13-6-5-7-14(10-13)22-2)16(19)18-9-4-3-8-15(18)17(20)21/h5-7,10,12,15H,3-4,8-9,11H2,1-2H3,(H,20,21)/t12-,15+/m1/s1. The van der Waals surface area contributed by atoms with Crippen LogP contribution >= 0.6 is 0 Å². The fourth-order valence-electron chi connectivity index (χ4n) is 2.74. The first-order valence-corrected chi connectivity index (χ1v) is 7.80. The number of carbonyl (C=O) groups is 2. The van der Waals surface area contributed by atoms with Crippen molar-refractivity contribution in [1.82, 2.24) is 4.90 Å². The molecule has 0 bridgehead atoms. The van der Waals surface area contributed by atoms with Crippen LogP contribution in [0.5, 0.6) is 5.75 Å². The van der Waals surface area contributed by atoms with Crippen LogP contribution in [0.1, 0.15) is 31.7 Å². The Labute approximate surface area is 136 Å². The van der Waals surface area contributed by atoms with E-state index in [2.05, 4.69) is 0 Å². The van der Waals surface area contributed by atoms with Gasteiger partial charge in [-0.1, -0.05) is 12.1 Å². The number of carboxylic acids is 1. The third kappa shape index (κ3) is 4.45. The molecule has 0 radical (unpaired) electrons. The monoisotopic (exact) mass is 321 g/mol. The highest BCUT2D eigenvalue weighted by atomic mass is 16.5. The molecule has 126 valence electrons. The molecule has 1 amide bonds. The van der Waals surface area contributed by atoms with Gasteiger partial charge in [0.05, 0.1) is 13.7 Å². The van der Waals surface area contributed by atoms with Gasteiger partial charge in [0.2, 0.25) is 0 Å². The molecule has 0 aromatic heterocycles. The van der Waals surface area contributed by atoms with Gasteiger partial charge in [-0.2, -0.15) is 0 Å². The minimum atomic E-state index is -0.946. The summed E-state index contributed by atoms with van der Waals surface area (Å²) in [5, 5.41) is 9.26. The lowest BCUT2D eigenvalue weighted by Gasteiger charge is -2.34. The number of likely N-dealkylation sites (tertiary alicyclic amines) is 1. The molecular weight excluding hydrogens is 298 g/mol. The third-order valence-electron chi connectivity index (χ3n) is 4.05. The lowest BCUT2D eigenvalue weighted by molar-refractivity contribution is -0.157. The predicted molar refractivity (Wildman–Crippen MR) is 84.2 cm³/mol. The minimum absolute atomic E-state index is 0.264. The lowest BCUT2D eigenvalue weighted by Crippen LogP contribution is -2.51. The quantitative estimate of drug-likeness (QED) is 0.868. The van der Waals surface area contributed by atoms with Crippen LogP contribution in [0, 0.1) is 0 Å². The first-order chi connectivity index (χ1) is 11.0. The van der Waals surface area contributed by atoms with Crippen LogP contribution in [0.4, 0.5) is 0 Å². The first-order valence-electron chi connectivity index (χ1n) is 7.80. The summed E-state index contributed by atoms with van der Waals surface area (Å²) in [4.78, 5) is 25.2. The van der Waals surface area contributed by atoms with E-state index in [1.54, 1.807) is 14.0 Å². The molecule has 1 fully saturated rings. The fourth-order valence-corrected chi connectivity index (χ4v) is 2.74. The molecule has 1 saturated heterocycles. The number of methoxy groups -OCH3 is 1. The number of hydrogen-bond donors (Lipinski definition) is 1. The maximum Gasteiger partial charge on any atom is 0.326 e. The van der Waals surface area contributed by atoms with E-state index >= 15 is 0 Å². The molecule has 0 spiro atoms. The molecule has 0 saturated carbocycles. The lowest BCUT2D eigenvalue weighted by atomic mass is 10.0. The molecule has 0 unspecified atom stereocenters. The molecule has 6 heteroatoms. The van der Waals surface area contributed by atoms with Crippen molar-refractivity contribution in [2.75, 3.05) is 13.7 Å². The zero-order valence-electron chi connectivity index (χ0n) is 13.5. The van der Waals surface area contributed by atoms with Gasteiger partial charge in [-0.25, -0.2) is 4.79 Å². The van der Waals surface area contributed by atoms with E-state index < -0.39 is 18.1 Å². The minimum Gasteiger partial charge on any atom is -0.497 e. The van der Waals surface area contributed by atoms with Gasteiger partial charge in [0, 0.05) is 6.54 Å². The summed E-state index contributed by atoms with van der Waals surface area (Å²) in [6, 6.07) is 6.69. The summed E-state index contributed by atoms with van der Waals surface area (Å²) in [5.41, 5.74) is 0.900. The number of piperidine rings is 1. The molecule has 1 N–H and O–H groups in total. The molecular formula is C17H23NO5. The van der Waals surface area contributed by atoms with E-state index in [9.17, 15) is 14.7 Å². The second-order valence-electron chi connectivity index (χ2n) is 5.69. The van der Waals surface area contributed by atoms with Crippen LogP contribution in [0.2, 0.25) is 0 Å². The Kier molecular flexibility index (Phi) is 5.98. The van der Waals surface area contributed by atoms with Crippen LogP contribution in [-0.4, -0.2) is 47.7 Å². The fraction of sp³-hybridized carbons (Fsp3) is 0.529. The van der Waals surface area contributed by atoms with E-state index in [0.717, 1.165) is 24.2 Å². The number of amides is 1. The van der Waals surface area contributed by atoms with Crippen molar-refractivity contribution in [3.63, 3.8) is 0 Å². The van der Waals surface area contributed by atoms with Crippen molar-refractivity contribution < 1.29 is 24.2 Å². The second-order valence-corrected chi connectivity index (χ2v) is 5.69. The van der Waals surface area contributed by atoms with E-state index in [1.165, 1.54) is 4.90 Å². The highest BCUT2D eigenvalue weighted by molar-refractivity contribution is 5.86. The average Bonchev–Trinajstić information content (AvgIpc) is 2.59. The van der Waals surface area contributed by atoms with Gasteiger partial charge in [0.15, 0.2) is 0 Å². The van der Waals surface area contributed by atoms with Gasteiger partial charge in [0.25, 0.3) is 5.91 Å². The summed E-state index contributed by atoms with van der Waals surface area (Å²) in [6.07, 6.45) is 1.49. The Morgan fingerprint density at radius 3 is 2.87 bits per heavy atom. The summed E-state index contributed by atoms with van der Waals surface area (Å²) in [5.74, 6) is -0.481. The smallest absolute Gasteiger partial charge is 0.326 e. The van der Waals surface area contributed by atoms with Crippen LogP contribution < -0.4 is 4.74 Å². The van der Waals surface area contributed by atoms with Crippen LogP contribution in [0.3, 0.4) is 0 Å². The Hall–Kier alpha value is -2.08. The summed E-state index contributed by atoms with van der Waals surface area (Å²) >= 11 is 0. The largest absolute Gasteiger partial charge is 0.497 e. The number of ether oxygens (including phenoxy) is 2. The summed E-state index contributed by atoms with van der Waals surface area (Å²) < 4.78 is 10.8. The molecule has 1 aromatic rings. The van der Waals surface area contributed by atoms with Crippen LogP contribution in [0.15, 0.2) is 24.3 Å². The number of aliphatic carboxylic acids is 1. The predicted octanol–water partition coefficient (Wildman–Crippen LogP) is 2.07. The molecule has 0 aliphatic carbocycles. The molecule has 1 aromatic carbocycles. The maximum atomic E-state index is 12.5. The third-order valence-corrected chi connectivity index (χ3v) is 4.05. The summed E-state index contributed by atoms with van der Waals surface area (Å²) in [7, 11) is 1.59. The molecule has 1 heterocycles. The van der Waals surface area contributed by atoms with E-state index in [-0.39, 0.29) is 12.5 Å². The highest BCUT2D eigenvalue weighted by Gasteiger charge is 2.34. The van der Waals surface area contributed by atoms with E-state index in [0.29, 0.717) is 13.0 Å². The number of benzene rings is 1. The molecule has 1 aliphatic rings. The number of hydrogen-bond acceptors (Lipinski definition) is 4.